The summed E-state index contributed by atoms with van der Waals surface area (Å²) in [5.41, 5.74) is 4.97. The number of piperazine rings is 1. The highest BCUT2D eigenvalue weighted by Crippen LogP contribution is 2.27. The van der Waals surface area contributed by atoms with E-state index in [-0.39, 0.29) is 16.4 Å². The Morgan fingerprint density at radius 3 is 2.25 bits per heavy atom. The molecule has 4 rings (SSSR count). The molecule has 1 aliphatic heterocycles. The van der Waals surface area contributed by atoms with Gasteiger partial charge in [0, 0.05) is 52.4 Å². The summed E-state index contributed by atoms with van der Waals surface area (Å²) < 4.78 is 13.3. The molecule has 3 aromatic rings. The molecule has 1 N–H and O–H groups in total. The van der Waals surface area contributed by atoms with Gasteiger partial charge in [0.05, 0.1) is 4.92 Å². The maximum absolute atomic E-state index is 13.3. The number of nitro groups is 1. The molecule has 0 aliphatic carbocycles. The molecule has 1 fully saturated rings. The molecule has 166 valence electrons. The van der Waals surface area contributed by atoms with E-state index >= 15 is 0 Å². The quantitative estimate of drug-likeness (QED) is 0.429. The van der Waals surface area contributed by atoms with Gasteiger partial charge in [-0.2, -0.15) is 0 Å². The van der Waals surface area contributed by atoms with Crippen LogP contribution in [0.25, 0.3) is 11.1 Å². The fourth-order valence-electron chi connectivity index (χ4n) is 4.21. The van der Waals surface area contributed by atoms with Crippen molar-refractivity contribution in [1.29, 1.82) is 0 Å². The SMILES string of the molecule is CNc1ccc(CN2CCN(Cc3ccccc3-c3ccc(F)cc3)CC2)cc1[N+](=O)[O-]. The van der Waals surface area contributed by atoms with Gasteiger partial charge in [-0.3, -0.25) is 19.9 Å². The van der Waals surface area contributed by atoms with Gasteiger partial charge < -0.3 is 5.32 Å². The number of nitrogens with one attached hydrogen (secondary N) is 1. The molecule has 6 nitrogen and oxygen atoms in total. The third-order valence-corrected chi connectivity index (χ3v) is 5.97. The van der Waals surface area contributed by atoms with Crippen LogP contribution in [0.3, 0.4) is 0 Å². The summed E-state index contributed by atoms with van der Waals surface area (Å²) in [6.45, 7) is 5.19. The van der Waals surface area contributed by atoms with Crippen LogP contribution in [0, 0.1) is 15.9 Å². The molecular formula is C25H27FN4O2. The van der Waals surface area contributed by atoms with Crippen LogP contribution >= 0.6 is 0 Å². The van der Waals surface area contributed by atoms with Crippen LogP contribution in [0.15, 0.2) is 66.7 Å². The number of halogens is 1. The fraction of sp³-hybridized carbons (Fsp3) is 0.280. The van der Waals surface area contributed by atoms with Gasteiger partial charge in [0.25, 0.3) is 5.69 Å². The molecular weight excluding hydrogens is 407 g/mol. The number of nitro benzene ring substituents is 1. The van der Waals surface area contributed by atoms with Gasteiger partial charge in [-0.05, 0) is 40.5 Å². The number of anilines is 1. The van der Waals surface area contributed by atoms with Crippen LogP contribution in [-0.4, -0.2) is 47.9 Å². The minimum absolute atomic E-state index is 0.112. The monoisotopic (exact) mass is 434 g/mol. The lowest BCUT2D eigenvalue weighted by Gasteiger charge is -2.35. The summed E-state index contributed by atoms with van der Waals surface area (Å²) in [6, 6.07) is 20.3. The van der Waals surface area contributed by atoms with Crippen LogP contribution in [0.5, 0.6) is 0 Å². The highest BCUT2D eigenvalue weighted by Gasteiger charge is 2.20. The summed E-state index contributed by atoms with van der Waals surface area (Å²) in [4.78, 5) is 15.7. The van der Waals surface area contributed by atoms with Crippen LogP contribution in [0.4, 0.5) is 15.8 Å². The zero-order valence-electron chi connectivity index (χ0n) is 18.1. The molecule has 7 heteroatoms. The summed E-state index contributed by atoms with van der Waals surface area (Å²) in [7, 11) is 1.69. The van der Waals surface area contributed by atoms with Crippen molar-refractivity contribution in [2.24, 2.45) is 0 Å². The van der Waals surface area contributed by atoms with Gasteiger partial charge in [-0.15, -0.1) is 0 Å². The zero-order chi connectivity index (χ0) is 22.5. The molecule has 1 heterocycles. The molecule has 0 amide bonds. The van der Waals surface area contributed by atoms with E-state index in [1.54, 1.807) is 19.2 Å². The first-order valence-electron chi connectivity index (χ1n) is 10.8. The average molecular weight is 435 g/mol. The highest BCUT2D eigenvalue weighted by molar-refractivity contribution is 5.67. The van der Waals surface area contributed by atoms with Crippen molar-refractivity contribution in [1.82, 2.24) is 9.80 Å². The van der Waals surface area contributed by atoms with Gasteiger partial charge in [-0.25, -0.2) is 4.39 Å². The normalized spacial score (nSPS) is 14.9. The number of nitrogens with zero attached hydrogens (tertiary/aromatic N) is 3. The minimum atomic E-state index is -0.341. The lowest BCUT2D eigenvalue weighted by atomic mass is 9.99. The lowest BCUT2D eigenvalue weighted by molar-refractivity contribution is -0.384. The largest absolute Gasteiger partial charge is 0.383 e. The lowest BCUT2D eigenvalue weighted by Crippen LogP contribution is -2.45. The first-order valence-corrected chi connectivity index (χ1v) is 10.8. The minimum Gasteiger partial charge on any atom is -0.383 e. The highest BCUT2D eigenvalue weighted by atomic mass is 19.1. The van der Waals surface area contributed by atoms with E-state index in [0.717, 1.165) is 49.4 Å². The van der Waals surface area contributed by atoms with Gasteiger partial charge in [-0.1, -0.05) is 42.5 Å². The van der Waals surface area contributed by atoms with Crippen molar-refractivity contribution < 1.29 is 9.31 Å². The molecule has 32 heavy (non-hydrogen) atoms. The Morgan fingerprint density at radius 2 is 1.59 bits per heavy atom. The molecule has 0 saturated carbocycles. The van der Waals surface area contributed by atoms with E-state index in [1.807, 2.05) is 30.3 Å². The first kappa shape index (κ1) is 21.9. The van der Waals surface area contributed by atoms with E-state index in [1.165, 1.54) is 17.7 Å². The van der Waals surface area contributed by atoms with E-state index in [0.29, 0.717) is 12.2 Å². The van der Waals surface area contributed by atoms with Crippen LogP contribution < -0.4 is 5.32 Å². The van der Waals surface area contributed by atoms with Crippen molar-refractivity contribution in [3.63, 3.8) is 0 Å². The number of rotatable bonds is 7. The van der Waals surface area contributed by atoms with E-state index in [2.05, 4.69) is 27.2 Å². The van der Waals surface area contributed by atoms with Crippen molar-refractivity contribution in [2.75, 3.05) is 38.5 Å². The Kier molecular flexibility index (Phi) is 6.78. The molecule has 0 aromatic heterocycles. The standard InChI is InChI=1S/C25H27FN4O2/c1-27-24-11-6-19(16-25(24)30(31)32)17-28-12-14-29(15-13-28)18-21-4-2-3-5-23(21)20-7-9-22(26)10-8-20/h2-11,16,27H,12-15,17-18H2,1H3. The predicted octanol–water partition coefficient (Wildman–Crippen LogP) is 4.76. The topological polar surface area (TPSA) is 61.6 Å². The molecule has 0 radical (unpaired) electrons. The van der Waals surface area contributed by atoms with Crippen LogP contribution in [0.1, 0.15) is 11.1 Å². The molecule has 3 aromatic carbocycles. The van der Waals surface area contributed by atoms with Crippen molar-refractivity contribution >= 4 is 11.4 Å². The second-order valence-corrected chi connectivity index (χ2v) is 8.07. The number of benzene rings is 3. The summed E-state index contributed by atoms with van der Waals surface area (Å²) in [6.07, 6.45) is 0. The van der Waals surface area contributed by atoms with Gasteiger partial charge in [0.15, 0.2) is 0 Å². The molecule has 1 aliphatic rings. The average Bonchev–Trinajstić information content (AvgIpc) is 2.81. The second-order valence-electron chi connectivity index (χ2n) is 8.07. The third-order valence-electron chi connectivity index (χ3n) is 5.97. The van der Waals surface area contributed by atoms with E-state index in [9.17, 15) is 14.5 Å². The van der Waals surface area contributed by atoms with Crippen LogP contribution in [-0.2, 0) is 13.1 Å². The zero-order valence-corrected chi connectivity index (χ0v) is 18.1. The van der Waals surface area contributed by atoms with Crippen molar-refractivity contribution in [2.45, 2.75) is 13.1 Å². The summed E-state index contributed by atoms with van der Waals surface area (Å²) in [5.74, 6) is -0.228. The molecule has 0 unspecified atom stereocenters. The maximum atomic E-state index is 13.3. The summed E-state index contributed by atoms with van der Waals surface area (Å²) >= 11 is 0. The molecule has 0 bridgehead atoms. The predicted molar refractivity (Wildman–Crippen MR) is 125 cm³/mol. The third kappa shape index (κ3) is 5.12. The Bertz CT molecular complexity index is 1080. The first-order chi connectivity index (χ1) is 15.5. The van der Waals surface area contributed by atoms with Crippen molar-refractivity contribution in [3.05, 3.63) is 93.8 Å². The van der Waals surface area contributed by atoms with Crippen LogP contribution in [0.2, 0.25) is 0 Å². The summed E-state index contributed by atoms with van der Waals surface area (Å²) in [5, 5.41) is 14.2. The Morgan fingerprint density at radius 1 is 0.938 bits per heavy atom. The molecule has 0 spiro atoms. The van der Waals surface area contributed by atoms with Gasteiger partial charge >= 0.3 is 0 Å². The second kappa shape index (κ2) is 9.89. The maximum Gasteiger partial charge on any atom is 0.292 e. The van der Waals surface area contributed by atoms with E-state index < -0.39 is 0 Å². The number of hydrogen-bond donors (Lipinski definition) is 1. The van der Waals surface area contributed by atoms with Gasteiger partial charge in [0.1, 0.15) is 11.5 Å². The number of hydrogen-bond acceptors (Lipinski definition) is 5. The van der Waals surface area contributed by atoms with Gasteiger partial charge in [0.2, 0.25) is 0 Å². The fourth-order valence-corrected chi connectivity index (χ4v) is 4.21. The molecule has 0 atom stereocenters. The Hall–Kier alpha value is -3.29. The Labute approximate surface area is 187 Å². The van der Waals surface area contributed by atoms with E-state index in [4.69, 9.17) is 0 Å². The van der Waals surface area contributed by atoms with Crippen molar-refractivity contribution in [3.8, 4) is 11.1 Å². The smallest absolute Gasteiger partial charge is 0.292 e. The molecule has 1 saturated heterocycles. The Balaban J connectivity index is 1.38.